The van der Waals surface area contributed by atoms with Gasteiger partial charge < -0.3 is 4.74 Å². The molecule has 0 amide bonds. The van der Waals surface area contributed by atoms with Gasteiger partial charge in [0.25, 0.3) is 0 Å². The molecular formula is C24H21Cl2NO3. The number of carbonyl (C=O) groups is 2. The molecule has 1 fully saturated rings. The number of benzene rings is 2. The average molecular weight is 442 g/mol. The standard InChI is InChI=1S/C24H21Cl2NO3/c1-16(28)30-23(29)9-12-27-14-18-7-5-17(13-20(18)24(15-27)10-11-24)6-8-19-21(25)3-2-4-22(19)26/h2-5,7,13H,9-12,14-15H2,1H3. The summed E-state index contributed by atoms with van der Waals surface area (Å²) in [7, 11) is 0. The molecule has 154 valence electrons. The highest BCUT2D eigenvalue weighted by Gasteiger charge is 2.48. The SMILES string of the molecule is CC(=O)OC(=O)CCN1Cc2ccc(C#Cc3c(Cl)cccc3Cl)cc2C2(CC2)C1. The minimum absolute atomic E-state index is 0.137. The number of hydrogen-bond donors (Lipinski definition) is 0. The molecule has 0 N–H and O–H groups in total. The van der Waals surface area contributed by atoms with Crippen LogP contribution >= 0.6 is 23.2 Å². The van der Waals surface area contributed by atoms with Crippen molar-refractivity contribution in [2.24, 2.45) is 0 Å². The van der Waals surface area contributed by atoms with Gasteiger partial charge in [-0.2, -0.15) is 0 Å². The quantitative estimate of drug-likeness (QED) is 0.392. The number of fused-ring (bicyclic) bond motifs is 2. The van der Waals surface area contributed by atoms with Crippen LogP contribution in [0.5, 0.6) is 0 Å². The lowest BCUT2D eigenvalue weighted by Gasteiger charge is -2.35. The Balaban J connectivity index is 1.51. The Morgan fingerprint density at radius 3 is 2.53 bits per heavy atom. The Morgan fingerprint density at radius 1 is 1.13 bits per heavy atom. The van der Waals surface area contributed by atoms with Crippen molar-refractivity contribution in [1.29, 1.82) is 0 Å². The molecule has 30 heavy (non-hydrogen) atoms. The van der Waals surface area contributed by atoms with Gasteiger partial charge >= 0.3 is 11.9 Å². The fourth-order valence-corrected chi connectivity index (χ4v) is 4.54. The average Bonchev–Trinajstić information content (AvgIpc) is 3.46. The van der Waals surface area contributed by atoms with Crippen LogP contribution in [0, 0.1) is 11.8 Å². The summed E-state index contributed by atoms with van der Waals surface area (Å²) in [5, 5.41) is 1.09. The van der Waals surface area contributed by atoms with Crippen molar-refractivity contribution >= 4 is 35.1 Å². The zero-order valence-corrected chi connectivity index (χ0v) is 18.1. The molecule has 4 rings (SSSR count). The predicted octanol–water partition coefficient (Wildman–Crippen LogP) is 4.72. The zero-order valence-electron chi connectivity index (χ0n) is 16.6. The molecule has 1 aliphatic carbocycles. The van der Waals surface area contributed by atoms with Crippen LogP contribution in [-0.2, 0) is 26.3 Å². The highest BCUT2D eigenvalue weighted by Crippen LogP contribution is 2.52. The van der Waals surface area contributed by atoms with Gasteiger partial charge in [0, 0.05) is 37.5 Å². The van der Waals surface area contributed by atoms with Gasteiger partial charge in [-0.25, -0.2) is 0 Å². The normalized spacial score (nSPS) is 16.4. The molecule has 0 bridgehead atoms. The van der Waals surface area contributed by atoms with E-state index >= 15 is 0 Å². The van der Waals surface area contributed by atoms with E-state index in [0.717, 1.165) is 31.5 Å². The summed E-state index contributed by atoms with van der Waals surface area (Å²) in [6.45, 7) is 3.50. The largest absolute Gasteiger partial charge is 0.393 e. The number of carbonyl (C=O) groups excluding carboxylic acids is 2. The molecule has 2 aromatic carbocycles. The zero-order chi connectivity index (χ0) is 21.3. The van der Waals surface area contributed by atoms with E-state index in [1.807, 2.05) is 6.07 Å². The number of esters is 2. The van der Waals surface area contributed by atoms with E-state index in [1.165, 1.54) is 18.1 Å². The molecule has 2 aliphatic rings. The van der Waals surface area contributed by atoms with Crippen molar-refractivity contribution in [2.75, 3.05) is 13.1 Å². The van der Waals surface area contributed by atoms with Crippen molar-refractivity contribution in [2.45, 2.75) is 38.1 Å². The fraction of sp³-hybridized carbons (Fsp3) is 0.333. The highest BCUT2D eigenvalue weighted by atomic mass is 35.5. The van der Waals surface area contributed by atoms with Crippen LogP contribution in [0.1, 0.15) is 48.4 Å². The van der Waals surface area contributed by atoms with E-state index in [9.17, 15) is 9.59 Å². The Bertz CT molecular complexity index is 1060. The summed E-state index contributed by atoms with van der Waals surface area (Å²) < 4.78 is 4.64. The first-order valence-electron chi connectivity index (χ1n) is 9.89. The molecule has 4 nitrogen and oxygen atoms in total. The molecule has 1 spiro atoms. The molecule has 0 radical (unpaired) electrons. The molecule has 1 aliphatic heterocycles. The van der Waals surface area contributed by atoms with Crippen molar-refractivity contribution in [3.05, 3.63) is 68.7 Å². The van der Waals surface area contributed by atoms with Crippen LogP contribution in [0.4, 0.5) is 0 Å². The Morgan fingerprint density at radius 2 is 1.87 bits per heavy atom. The topological polar surface area (TPSA) is 46.6 Å². The number of rotatable bonds is 3. The number of nitrogens with zero attached hydrogens (tertiary/aromatic N) is 1. The number of hydrogen-bond acceptors (Lipinski definition) is 4. The van der Waals surface area contributed by atoms with E-state index < -0.39 is 11.9 Å². The van der Waals surface area contributed by atoms with Gasteiger partial charge in [-0.3, -0.25) is 14.5 Å². The van der Waals surface area contributed by atoms with Crippen LogP contribution in [0.3, 0.4) is 0 Å². The number of ether oxygens (including phenoxy) is 1. The van der Waals surface area contributed by atoms with Gasteiger partial charge in [0.05, 0.1) is 22.0 Å². The maximum absolute atomic E-state index is 11.7. The molecule has 0 saturated heterocycles. The van der Waals surface area contributed by atoms with Crippen LogP contribution in [-0.4, -0.2) is 29.9 Å². The first-order chi connectivity index (χ1) is 14.4. The smallest absolute Gasteiger partial charge is 0.314 e. The second-order valence-electron chi connectivity index (χ2n) is 7.93. The minimum atomic E-state index is -0.561. The summed E-state index contributed by atoms with van der Waals surface area (Å²) >= 11 is 12.4. The van der Waals surface area contributed by atoms with Crippen molar-refractivity contribution in [1.82, 2.24) is 4.90 Å². The number of halogens is 2. The third kappa shape index (κ3) is 4.54. The highest BCUT2D eigenvalue weighted by molar-refractivity contribution is 6.36. The van der Waals surface area contributed by atoms with Gasteiger partial charge in [-0.1, -0.05) is 47.2 Å². The first-order valence-corrected chi connectivity index (χ1v) is 10.6. The lowest BCUT2D eigenvalue weighted by molar-refractivity contribution is -0.158. The van der Waals surface area contributed by atoms with E-state index in [0.29, 0.717) is 22.2 Å². The molecule has 6 heteroatoms. The lowest BCUT2D eigenvalue weighted by atomic mass is 9.85. The van der Waals surface area contributed by atoms with Crippen molar-refractivity contribution in [3.63, 3.8) is 0 Å². The van der Waals surface area contributed by atoms with Crippen molar-refractivity contribution < 1.29 is 14.3 Å². The summed E-state index contributed by atoms with van der Waals surface area (Å²) in [6, 6.07) is 11.7. The maximum atomic E-state index is 11.7. The van der Waals surface area contributed by atoms with Gasteiger partial charge in [0.2, 0.25) is 0 Å². The van der Waals surface area contributed by atoms with Gasteiger partial charge in [0.15, 0.2) is 0 Å². The van der Waals surface area contributed by atoms with E-state index in [1.54, 1.807) is 18.2 Å². The Labute approximate surface area is 186 Å². The monoisotopic (exact) mass is 441 g/mol. The Kier molecular flexibility index (Phi) is 5.88. The summed E-state index contributed by atoms with van der Waals surface area (Å²) in [6.07, 6.45) is 2.47. The second kappa shape index (κ2) is 8.43. The van der Waals surface area contributed by atoms with Gasteiger partial charge in [-0.15, -0.1) is 0 Å². The van der Waals surface area contributed by atoms with Crippen LogP contribution < -0.4 is 0 Å². The summed E-state index contributed by atoms with van der Waals surface area (Å²) in [5.74, 6) is 5.28. The van der Waals surface area contributed by atoms with E-state index in [4.69, 9.17) is 23.2 Å². The van der Waals surface area contributed by atoms with E-state index in [2.05, 4.69) is 33.6 Å². The minimum Gasteiger partial charge on any atom is -0.393 e. The summed E-state index contributed by atoms with van der Waals surface area (Å²) in [4.78, 5) is 24.9. The molecular weight excluding hydrogens is 421 g/mol. The lowest BCUT2D eigenvalue weighted by Crippen LogP contribution is -2.39. The fourth-order valence-electron chi connectivity index (χ4n) is 4.04. The van der Waals surface area contributed by atoms with E-state index in [-0.39, 0.29) is 11.8 Å². The third-order valence-corrected chi connectivity index (χ3v) is 6.27. The molecule has 1 saturated carbocycles. The molecule has 0 atom stereocenters. The van der Waals surface area contributed by atoms with Gasteiger partial charge in [-0.05, 0) is 48.2 Å². The third-order valence-electron chi connectivity index (χ3n) is 5.64. The van der Waals surface area contributed by atoms with Gasteiger partial charge in [0.1, 0.15) is 0 Å². The second-order valence-corrected chi connectivity index (χ2v) is 8.74. The van der Waals surface area contributed by atoms with Crippen LogP contribution in [0.25, 0.3) is 0 Å². The van der Waals surface area contributed by atoms with Crippen LogP contribution in [0.15, 0.2) is 36.4 Å². The summed E-state index contributed by atoms with van der Waals surface area (Å²) in [5.41, 5.74) is 4.33. The van der Waals surface area contributed by atoms with Crippen molar-refractivity contribution in [3.8, 4) is 11.8 Å². The molecule has 1 heterocycles. The maximum Gasteiger partial charge on any atom is 0.314 e. The molecule has 0 aromatic heterocycles. The van der Waals surface area contributed by atoms with Crippen LogP contribution in [0.2, 0.25) is 10.0 Å². The Hall–Kier alpha value is -2.32. The molecule has 0 unspecified atom stereocenters. The predicted molar refractivity (Wildman–Crippen MR) is 116 cm³/mol. The molecule has 2 aromatic rings. The first kappa shape index (κ1) is 20.9.